The Morgan fingerprint density at radius 3 is 2.53 bits per heavy atom. The van der Waals surface area contributed by atoms with Crippen molar-refractivity contribution in [1.82, 2.24) is 20.1 Å². The number of hydrogen-bond acceptors (Lipinski definition) is 4. The number of carbonyl (C=O) groups excluding carboxylic acids is 1. The molecule has 1 unspecified atom stereocenters. The van der Waals surface area contributed by atoms with E-state index in [4.69, 9.17) is 5.73 Å². The van der Waals surface area contributed by atoms with Gasteiger partial charge in [-0.05, 0) is 31.5 Å². The van der Waals surface area contributed by atoms with E-state index in [9.17, 15) is 4.79 Å². The molecule has 1 aromatic carbocycles. The molecule has 0 aliphatic carbocycles. The van der Waals surface area contributed by atoms with Gasteiger partial charge in [0.25, 0.3) is 0 Å². The predicted molar refractivity (Wildman–Crippen MR) is 71.6 cm³/mol. The van der Waals surface area contributed by atoms with Gasteiger partial charge < -0.3 is 11.1 Å². The summed E-state index contributed by atoms with van der Waals surface area (Å²) in [6.45, 7) is 3.58. The molecule has 0 saturated carbocycles. The predicted octanol–water partition coefficient (Wildman–Crippen LogP) is 0.792. The van der Waals surface area contributed by atoms with Gasteiger partial charge in [0.05, 0.1) is 17.8 Å². The molecule has 100 valence electrons. The summed E-state index contributed by atoms with van der Waals surface area (Å²) in [4.78, 5) is 15.4. The smallest absolute Gasteiger partial charge is 0.237 e. The molecular formula is C13H17N5O. The Bertz CT molecular complexity index is 533. The third-order valence-corrected chi connectivity index (χ3v) is 2.85. The van der Waals surface area contributed by atoms with Gasteiger partial charge in [-0.3, -0.25) is 4.79 Å². The SMILES string of the molecule is CC(NC(=O)[C@@H](C)N)c1ccc(-n2cncn2)cc1. The third-order valence-electron chi connectivity index (χ3n) is 2.85. The molecule has 2 rings (SSSR count). The van der Waals surface area contributed by atoms with Gasteiger partial charge in [-0.25, -0.2) is 9.67 Å². The van der Waals surface area contributed by atoms with E-state index in [0.29, 0.717) is 0 Å². The zero-order valence-electron chi connectivity index (χ0n) is 10.9. The Hall–Kier alpha value is -2.21. The van der Waals surface area contributed by atoms with Crippen molar-refractivity contribution >= 4 is 5.91 Å². The molecule has 0 aliphatic rings. The second kappa shape index (κ2) is 5.62. The molecule has 0 radical (unpaired) electrons. The van der Waals surface area contributed by atoms with Crippen LogP contribution < -0.4 is 11.1 Å². The van der Waals surface area contributed by atoms with Gasteiger partial charge in [-0.15, -0.1) is 0 Å². The molecule has 0 fully saturated rings. The summed E-state index contributed by atoms with van der Waals surface area (Å²) >= 11 is 0. The van der Waals surface area contributed by atoms with Crippen molar-refractivity contribution in [3.8, 4) is 5.69 Å². The van der Waals surface area contributed by atoms with Crippen LogP contribution in [0.4, 0.5) is 0 Å². The van der Waals surface area contributed by atoms with Crippen LogP contribution in [0.5, 0.6) is 0 Å². The Morgan fingerprint density at radius 2 is 2.00 bits per heavy atom. The first kappa shape index (κ1) is 13.2. The summed E-state index contributed by atoms with van der Waals surface area (Å²) in [6, 6.07) is 7.17. The highest BCUT2D eigenvalue weighted by Crippen LogP contribution is 2.15. The fraction of sp³-hybridized carbons (Fsp3) is 0.308. The van der Waals surface area contributed by atoms with E-state index in [2.05, 4.69) is 15.4 Å². The fourth-order valence-electron chi connectivity index (χ4n) is 1.69. The van der Waals surface area contributed by atoms with Crippen LogP contribution >= 0.6 is 0 Å². The summed E-state index contributed by atoms with van der Waals surface area (Å²) in [6.07, 6.45) is 3.12. The highest BCUT2D eigenvalue weighted by Gasteiger charge is 2.12. The second-order valence-corrected chi connectivity index (χ2v) is 4.45. The lowest BCUT2D eigenvalue weighted by molar-refractivity contribution is -0.122. The van der Waals surface area contributed by atoms with Gasteiger partial charge in [0.15, 0.2) is 0 Å². The molecule has 1 heterocycles. The van der Waals surface area contributed by atoms with Gasteiger partial charge in [0.2, 0.25) is 5.91 Å². The average Bonchev–Trinajstić information content (AvgIpc) is 2.92. The number of aromatic nitrogens is 3. The number of benzene rings is 1. The number of rotatable bonds is 4. The van der Waals surface area contributed by atoms with Crippen molar-refractivity contribution in [2.45, 2.75) is 25.9 Å². The zero-order valence-corrected chi connectivity index (χ0v) is 10.9. The van der Waals surface area contributed by atoms with Gasteiger partial charge in [0.1, 0.15) is 12.7 Å². The maximum Gasteiger partial charge on any atom is 0.237 e. The molecule has 0 spiro atoms. The largest absolute Gasteiger partial charge is 0.348 e. The van der Waals surface area contributed by atoms with Crippen molar-refractivity contribution in [1.29, 1.82) is 0 Å². The average molecular weight is 259 g/mol. The number of carbonyl (C=O) groups is 1. The normalized spacial score (nSPS) is 13.8. The van der Waals surface area contributed by atoms with Crippen LogP contribution in [-0.4, -0.2) is 26.7 Å². The monoisotopic (exact) mass is 259 g/mol. The summed E-state index contributed by atoms with van der Waals surface area (Å²) in [7, 11) is 0. The molecule has 19 heavy (non-hydrogen) atoms. The van der Waals surface area contributed by atoms with Gasteiger partial charge >= 0.3 is 0 Å². The molecule has 2 aromatic rings. The lowest BCUT2D eigenvalue weighted by atomic mass is 10.1. The van der Waals surface area contributed by atoms with E-state index in [1.54, 1.807) is 17.9 Å². The molecule has 3 N–H and O–H groups in total. The maximum atomic E-state index is 11.5. The van der Waals surface area contributed by atoms with E-state index in [1.807, 2.05) is 31.2 Å². The first-order chi connectivity index (χ1) is 9.08. The molecule has 0 saturated heterocycles. The van der Waals surface area contributed by atoms with Crippen molar-refractivity contribution in [3.05, 3.63) is 42.5 Å². The Morgan fingerprint density at radius 1 is 1.32 bits per heavy atom. The van der Waals surface area contributed by atoms with Crippen LogP contribution in [0.1, 0.15) is 25.5 Å². The van der Waals surface area contributed by atoms with Crippen LogP contribution in [0, 0.1) is 0 Å². The summed E-state index contributed by atoms with van der Waals surface area (Å²) in [5.41, 5.74) is 7.46. The van der Waals surface area contributed by atoms with Crippen molar-refractivity contribution < 1.29 is 4.79 Å². The highest BCUT2D eigenvalue weighted by molar-refractivity contribution is 5.81. The topological polar surface area (TPSA) is 85.8 Å². The molecule has 6 heteroatoms. The number of nitrogens with two attached hydrogens (primary N) is 1. The minimum absolute atomic E-state index is 0.0803. The third kappa shape index (κ3) is 3.17. The van der Waals surface area contributed by atoms with Gasteiger partial charge in [0, 0.05) is 0 Å². The Labute approximate surface area is 111 Å². The maximum absolute atomic E-state index is 11.5. The zero-order chi connectivity index (χ0) is 13.8. The van der Waals surface area contributed by atoms with E-state index in [0.717, 1.165) is 11.3 Å². The summed E-state index contributed by atoms with van der Waals surface area (Å²) < 4.78 is 1.68. The Balaban J connectivity index is 2.08. The summed E-state index contributed by atoms with van der Waals surface area (Å²) in [5.74, 6) is -0.159. The van der Waals surface area contributed by atoms with Crippen molar-refractivity contribution in [3.63, 3.8) is 0 Å². The van der Waals surface area contributed by atoms with Crippen LogP contribution in [0.3, 0.4) is 0 Å². The number of nitrogens with one attached hydrogen (secondary N) is 1. The van der Waals surface area contributed by atoms with E-state index < -0.39 is 6.04 Å². The van der Waals surface area contributed by atoms with Gasteiger partial charge in [-0.1, -0.05) is 12.1 Å². The number of amides is 1. The Kier molecular flexibility index (Phi) is 3.91. The minimum Gasteiger partial charge on any atom is -0.348 e. The first-order valence-corrected chi connectivity index (χ1v) is 6.09. The first-order valence-electron chi connectivity index (χ1n) is 6.09. The molecule has 2 atom stereocenters. The van der Waals surface area contributed by atoms with Crippen LogP contribution in [0.25, 0.3) is 5.69 Å². The number of nitrogens with zero attached hydrogens (tertiary/aromatic N) is 3. The quantitative estimate of drug-likeness (QED) is 0.850. The van der Waals surface area contributed by atoms with Crippen LogP contribution in [0.2, 0.25) is 0 Å². The van der Waals surface area contributed by atoms with Gasteiger partial charge in [-0.2, -0.15) is 5.10 Å². The van der Waals surface area contributed by atoms with E-state index in [-0.39, 0.29) is 11.9 Å². The standard InChI is InChI=1S/C13H17N5O/c1-9(14)13(19)17-10(2)11-3-5-12(6-4-11)18-8-15-7-16-18/h3-10H,14H2,1-2H3,(H,17,19)/t9-,10?/m1/s1. The van der Waals surface area contributed by atoms with Crippen LogP contribution in [-0.2, 0) is 4.79 Å². The van der Waals surface area contributed by atoms with E-state index >= 15 is 0 Å². The lowest BCUT2D eigenvalue weighted by Crippen LogP contribution is -2.39. The lowest BCUT2D eigenvalue weighted by Gasteiger charge is -2.16. The fourth-order valence-corrected chi connectivity index (χ4v) is 1.69. The molecule has 0 bridgehead atoms. The molecule has 1 aromatic heterocycles. The van der Waals surface area contributed by atoms with Crippen LogP contribution in [0.15, 0.2) is 36.9 Å². The summed E-state index contributed by atoms with van der Waals surface area (Å²) in [5, 5.41) is 6.90. The minimum atomic E-state index is -0.503. The van der Waals surface area contributed by atoms with Crippen molar-refractivity contribution in [2.24, 2.45) is 5.73 Å². The molecule has 1 amide bonds. The second-order valence-electron chi connectivity index (χ2n) is 4.45. The number of hydrogen-bond donors (Lipinski definition) is 2. The molecule has 0 aliphatic heterocycles. The molecular weight excluding hydrogens is 242 g/mol. The molecule has 6 nitrogen and oxygen atoms in total. The highest BCUT2D eigenvalue weighted by atomic mass is 16.2. The van der Waals surface area contributed by atoms with Crippen molar-refractivity contribution in [2.75, 3.05) is 0 Å². The van der Waals surface area contributed by atoms with E-state index in [1.165, 1.54) is 6.33 Å².